The van der Waals surface area contributed by atoms with Gasteiger partial charge in [-0.15, -0.1) is 11.3 Å². The van der Waals surface area contributed by atoms with E-state index in [1.165, 1.54) is 0 Å². The van der Waals surface area contributed by atoms with Crippen molar-refractivity contribution < 1.29 is 9.47 Å². The Labute approximate surface area is 124 Å². The highest BCUT2D eigenvalue weighted by atomic mass is 79.9. The quantitative estimate of drug-likeness (QED) is 0.870. The van der Waals surface area contributed by atoms with Crippen LogP contribution in [-0.2, 0) is 21.7 Å². The summed E-state index contributed by atoms with van der Waals surface area (Å²) in [6.45, 7) is 1.22. The van der Waals surface area contributed by atoms with Gasteiger partial charge in [0, 0.05) is 16.6 Å². The van der Waals surface area contributed by atoms with Crippen LogP contribution in [0.2, 0.25) is 0 Å². The van der Waals surface area contributed by atoms with Gasteiger partial charge in [-0.25, -0.2) is 0 Å². The molecule has 1 aromatic heterocycles. The average Bonchev–Trinajstić information content (AvgIpc) is 3.02. The van der Waals surface area contributed by atoms with Gasteiger partial charge in [0.05, 0.1) is 18.1 Å². The van der Waals surface area contributed by atoms with E-state index in [0.717, 1.165) is 20.6 Å². The maximum absolute atomic E-state index is 6.03. The molecule has 0 radical (unpaired) electrons. The van der Waals surface area contributed by atoms with Gasteiger partial charge in [-0.2, -0.15) is 0 Å². The third-order valence-corrected chi connectivity index (χ3v) is 5.16. The predicted molar refractivity (Wildman–Crippen MR) is 80.2 cm³/mol. The van der Waals surface area contributed by atoms with Crippen LogP contribution in [0.4, 0.5) is 5.69 Å². The topological polar surface area (TPSA) is 44.5 Å². The molecule has 3 nitrogen and oxygen atoms in total. The Kier molecular flexibility index (Phi) is 3.62. The molecule has 0 bridgehead atoms. The van der Waals surface area contributed by atoms with Gasteiger partial charge < -0.3 is 15.2 Å². The number of rotatable bonds is 3. The van der Waals surface area contributed by atoms with Crippen LogP contribution in [0.3, 0.4) is 0 Å². The molecule has 1 aromatic carbocycles. The van der Waals surface area contributed by atoms with Crippen LogP contribution >= 0.6 is 27.3 Å². The zero-order valence-corrected chi connectivity index (χ0v) is 12.7. The van der Waals surface area contributed by atoms with Crippen LogP contribution in [-0.4, -0.2) is 13.2 Å². The molecule has 0 spiro atoms. The Bertz CT molecular complexity index is 578. The maximum Gasteiger partial charge on any atom is 0.209 e. The highest BCUT2D eigenvalue weighted by Gasteiger charge is 2.41. The summed E-state index contributed by atoms with van der Waals surface area (Å²) < 4.78 is 12.9. The first-order valence-corrected chi connectivity index (χ1v) is 7.73. The number of hydrogen-bond donors (Lipinski definition) is 1. The minimum atomic E-state index is -0.706. The summed E-state index contributed by atoms with van der Waals surface area (Å²) in [6.07, 6.45) is 0.624. The largest absolute Gasteiger partial charge is 0.399 e. The van der Waals surface area contributed by atoms with Crippen LogP contribution in [0, 0.1) is 0 Å². The summed E-state index contributed by atoms with van der Waals surface area (Å²) in [5.41, 5.74) is 7.85. The Balaban J connectivity index is 1.99. The van der Waals surface area contributed by atoms with Gasteiger partial charge >= 0.3 is 0 Å². The first kappa shape index (κ1) is 13.1. The molecule has 1 aliphatic heterocycles. The predicted octanol–water partition coefficient (Wildman–Crippen LogP) is 3.54. The second-order valence-electron chi connectivity index (χ2n) is 4.42. The molecule has 19 heavy (non-hydrogen) atoms. The van der Waals surface area contributed by atoms with E-state index in [-0.39, 0.29) is 0 Å². The van der Waals surface area contributed by atoms with Crippen LogP contribution in [0.5, 0.6) is 0 Å². The van der Waals surface area contributed by atoms with Crippen molar-refractivity contribution in [2.24, 2.45) is 0 Å². The molecule has 100 valence electrons. The summed E-state index contributed by atoms with van der Waals surface area (Å²) in [6, 6.07) is 9.85. The Morgan fingerprint density at radius 1 is 1.21 bits per heavy atom. The zero-order chi connectivity index (χ0) is 13.3. The monoisotopic (exact) mass is 339 g/mol. The Morgan fingerprint density at radius 3 is 2.58 bits per heavy atom. The molecule has 2 aromatic rings. The van der Waals surface area contributed by atoms with Crippen molar-refractivity contribution in [3.05, 3.63) is 50.6 Å². The summed E-state index contributed by atoms with van der Waals surface area (Å²) in [7, 11) is 0. The fraction of sp³-hybridized carbons (Fsp3) is 0.286. The molecule has 0 unspecified atom stereocenters. The van der Waals surface area contributed by atoms with Gasteiger partial charge in [-0.3, -0.25) is 0 Å². The van der Waals surface area contributed by atoms with Crippen molar-refractivity contribution in [1.82, 2.24) is 0 Å². The molecular weight excluding hydrogens is 326 g/mol. The molecule has 0 amide bonds. The van der Waals surface area contributed by atoms with Gasteiger partial charge in [0.15, 0.2) is 0 Å². The van der Waals surface area contributed by atoms with Crippen molar-refractivity contribution in [2.45, 2.75) is 12.2 Å². The number of hydrogen-bond acceptors (Lipinski definition) is 4. The van der Waals surface area contributed by atoms with E-state index >= 15 is 0 Å². The molecule has 3 rings (SSSR count). The SMILES string of the molecule is Nc1ccccc1CC1(c2sccc2Br)OCCO1. The third-order valence-electron chi connectivity index (χ3n) is 3.20. The number of ether oxygens (including phenoxy) is 2. The standard InChI is InChI=1S/C14H14BrNO2S/c15-11-5-8-19-13(11)14(17-6-7-18-14)9-10-3-1-2-4-12(10)16/h1-5,8H,6-7,9,16H2. The summed E-state index contributed by atoms with van der Waals surface area (Å²) in [4.78, 5) is 1.06. The smallest absolute Gasteiger partial charge is 0.209 e. The second kappa shape index (κ2) is 5.25. The lowest BCUT2D eigenvalue weighted by molar-refractivity contribution is -0.162. The number of anilines is 1. The Morgan fingerprint density at radius 2 is 1.95 bits per heavy atom. The first-order valence-electron chi connectivity index (χ1n) is 6.06. The average molecular weight is 340 g/mol. The van der Waals surface area contributed by atoms with Gasteiger partial charge in [0.25, 0.3) is 0 Å². The maximum atomic E-state index is 6.03. The molecule has 5 heteroatoms. The van der Waals surface area contributed by atoms with E-state index in [1.54, 1.807) is 11.3 Å². The summed E-state index contributed by atoms with van der Waals surface area (Å²) >= 11 is 5.20. The molecule has 2 N–H and O–H groups in total. The molecule has 2 heterocycles. The lowest BCUT2D eigenvalue weighted by Gasteiger charge is -2.27. The first-order chi connectivity index (χ1) is 9.21. The van der Waals surface area contributed by atoms with Crippen LogP contribution in [0.1, 0.15) is 10.4 Å². The van der Waals surface area contributed by atoms with E-state index in [2.05, 4.69) is 15.9 Å². The molecule has 1 aliphatic rings. The normalized spacial score (nSPS) is 17.7. The molecule has 0 saturated carbocycles. The van der Waals surface area contributed by atoms with Gasteiger partial charge in [0.1, 0.15) is 0 Å². The van der Waals surface area contributed by atoms with Crippen LogP contribution < -0.4 is 5.73 Å². The van der Waals surface area contributed by atoms with E-state index in [1.807, 2.05) is 35.7 Å². The van der Waals surface area contributed by atoms with E-state index in [0.29, 0.717) is 19.6 Å². The van der Waals surface area contributed by atoms with Crippen molar-refractivity contribution in [3.8, 4) is 0 Å². The number of halogens is 1. The summed E-state index contributed by atoms with van der Waals surface area (Å²) in [5, 5.41) is 2.03. The zero-order valence-electron chi connectivity index (χ0n) is 10.3. The van der Waals surface area contributed by atoms with Crippen molar-refractivity contribution in [3.63, 3.8) is 0 Å². The number of nitrogens with two attached hydrogens (primary N) is 1. The van der Waals surface area contributed by atoms with Crippen LogP contribution in [0.25, 0.3) is 0 Å². The summed E-state index contributed by atoms with van der Waals surface area (Å²) in [5.74, 6) is -0.706. The van der Waals surface area contributed by atoms with Gasteiger partial charge in [-0.05, 0) is 39.0 Å². The Hall–Kier alpha value is -0.880. The second-order valence-corrected chi connectivity index (χ2v) is 6.19. The fourth-order valence-electron chi connectivity index (χ4n) is 2.28. The van der Waals surface area contributed by atoms with Crippen molar-refractivity contribution in [2.75, 3.05) is 18.9 Å². The molecular formula is C14H14BrNO2S. The van der Waals surface area contributed by atoms with E-state index < -0.39 is 5.79 Å². The lowest BCUT2D eigenvalue weighted by Crippen LogP contribution is -2.29. The molecule has 0 aliphatic carbocycles. The third kappa shape index (κ3) is 2.43. The van der Waals surface area contributed by atoms with Gasteiger partial charge in [0.2, 0.25) is 5.79 Å². The number of thiophene rings is 1. The fourth-order valence-corrected chi connectivity index (χ4v) is 4.06. The lowest BCUT2D eigenvalue weighted by atomic mass is 10.0. The van der Waals surface area contributed by atoms with Crippen molar-refractivity contribution in [1.29, 1.82) is 0 Å². The van der Waals surface area contributed by atoms with E-state index in [9.17, 15) is 0 Å². The number of para-hydroxylation sites is 1. The minimum absolute atomic E-state index is 0.608. The highest BCUT2D eigenvalue weighted by molar-refractivity contribution is 9.10. The molecule has 0 atom stereocenters. The number of nitrogen functional groups attached to an aromatic ring is 1. The van der Waals surface area contributed by atoms with Crippen molar-refractivity contribution >= 4 is 33.0 Å². The highest BCUT2D eigenvalue weighted by Crippen LogP contribution is 2.42. The van der Waals surface area contributed by atoms with Gasteiger partial charge in [-0.1, -0.05) is 18.2 Å². The molecule has 1 saturated heterocycles. The number of benzene rings is 1. The van der Waals surface area contributed by atoms with Crippen LogP contribution in [0.15, 0.2) is 40.2 Å². The minimum Gasteiger partial charge on any atom is -0.399 e. The van der Waals surface area contributed by atoms with E-state index in [4.69, 9.17) is 15.2 Å². The molecule has 1 fully saturated rings.